The van der Waals surface area contributed by atoms with Crippen molar-refractivity contribution in [3.05, 3.63) is 76.9 Å². The number of amides is 2. The zero-order valence-corrected chi connectivity index (χ0v) is 13.5. The van der Waals surface area contributed by atoms with Gasteiger partial charge in [-0.25, -0.2) is 4.79 Å². The average Bonchev–Trinajstić information content (AvgIpc) is 3.23. The molecule has 1 aliphatic rings. The van der Waals surface area contributed by atoms with Gasteiger partial charge in [-0.05, 0) is 42.0 Å². The summed E-state index contributed by atoms with van der Waals surface area (Å²) in [6.45, 7) is 0. The molecule has 6 nitrogen and oxygen atoms in total. The zero-order valence-electron chi connectivity index (χ0n) is 12.7. The fourth-order valence-electron chi connectivity index (χ4n) is 2.50. The second-order valence-corrected chi connectivity index (χ2v) is 6.31. The molecule has 25 heavy (non-hydrogen) atoms. The number of hydrogen-bond donors (Lipinski definition) is 0. The molecular weight excluding hydrogens is 340 g/mol. The quantitative estimate of drug-likeness (QED) is 0.678. The number of carbonyl (C=O) groups excluding carboxylic acids is 3. The lowest BCUT2D eigenvalue weighted by Gasteiger charge is -2.11. The number of nitrogens with zero attached hydrogens (tertiary/aromatic N) is 2. The maximum absolute atomic E-state index is 12.3. The zero-order chi connectivity index (χ0) is 17.4. The summed E-state index contributed by atoms with van der Waals surface area (Å²) >= 11 is 1.21. The summed E-state index contributed by atoms with van der Waals surface area (Å²) in [6, 6.07) is 13.4. The molecule has 0 spiro atoms. The number of hydrogen-bond acceptors (Lipinski definition) is 6. The Balaban J connectivity index is 1.55. The highest BCUT2D eigenvalue weighted by Crippen LogP contribution is 2.29. The van der Waals surface area contributed by atoms with Crippen LogP contribution in [0.5, 0.6) is 0 Å². The van der Waals surface area contributed by atoms with Crippen LogP contribution in [-0.4, -0.2) is 27.8 Å². The van der Waals surface area contributed by atoms with E-state index in [1.165, 1.54) is 23.5 Å². The number of benzene rings is 1. The maximum Gasteiger partial charge on any atom is 0.373 e. The van der Waals surface area contributed by atoms with Gasteiger partial charge in [0.2, 0.25) is 0 Å². The normalized spacial score (nSPS) is 13.0. The van der Waals surface area contributed by atoms with Crippen molar-refractivity contribution < 1.29 is 19.2 Å². The smallest absolute Gasteiger partial charge is 0.323 e. The van der Waals surface area contributed by atoms with Gasteiger partial charge in [0.25, 0.3) is 11.8 Å². The lowest BCUT2D eigenvalue weighted by Crippen LogP contribution is -2.32. The van der Waals surface area contributed by atoms with Gasteiger partial charge in [-0.15, -0.1) is 11.3 Å². The van der Waals surface area contributed by atoms with E-state index in [9.17, 15) is 14.4 Å². The van der Waals surface area contributed by atoms with Crippen molar-refractivity contribution in [3.8, 4) is 10.4 Å². The van der Waals surface area contributed by atoms with E-state index in [0.29, 0.717) is 9.94 Å². The Morgan fingerprint density at radius 3 is 2.20 bits per heavy atom. The molecule has 7 heteroatoms. The Morgan fingerprint density at radius 2 is 1.56 bits per heavy atom. The number of thiophene rings is 1. The van der Waals surface area contributed by atoms with Gasteiger partial charge >= 0.3 is 5.97 Å². The predicted molar refractivity (Wildman–Crippen MR) is 89.9 cm³/mol. The Hall–Kier alpha value is -3.32. The van der Waals surface area contributed by atoms with Crippen molar-refractivity contribution in [1.82, 2.24) is 10.0 Å². The van der Waals surface area contributed by atoms with Gasteiger partial charge in [-0.3, -0.25) is 14.6 Å². The van der Waals surface area contributed by atoms with Gasteiger partial charge in [-0.1, -0.05) is 17.2 Å². The van der Waals surface area contributed by atoms with Crippen LogP contribution in [0, 0.1) is 0 Å². The minimum Gasteiger partial charge on any atom is -0.323 e. The number of carbonyl (C=O) groups is 3. The Kier molecular flexibility index (Phi) is 3.62. The fourth-order valence-corrected chi connectivity index (χ4v) is 3.38. The monoisotopic (exact) mass is 350 g/mol. The summed E-state index contributed by atoms with van der Waals surface area (Å²) in [6.07, 6.45) is 3.32. The van der Waals surface area contributed by atoms with Crippen LogP contribution in [0.1, 0.15) is 30.4 Å². The summed E-state index contributed by atoms with van der Waals surface area (Å²) in [5, 5.41) is 0.513. The van der Waals surface area contributed by atoms with Crippen molar-refractivity contribution in [1.29, 1.82) is 0 Å². The van der Waals surface area contributed by atoms with E-state index >= 15 is 0 Å². The molecule has 2 amide bonds. The molecule has 3 heterocycles. The van der Waals surface area contributed by atoms with E-state index in [4.69, 9.17) is 4.84 Å². The van der Waals surface area contributed by atoms with E-state index in [1.807, 2.05) is 12.1 Å². The van der Waals surface area contributed by atoms with Crippen LogP contribution in [0.25, 0.3) is 10.4 Å². The fraction of sp³-hybridized carbons (Fsp3) is 0. The van der Waals surface area contributed by atoms with Crippen molar-refractivity contribution in [2.75, 3.05) is 0 Å². The highest BCUT2D eigenvalue weighted by atomic mass is 32.1. The molecule has 0 bridgehead atoms. The Labute approximate surface area is 146 Å². The van der Waals surface area contributed by atoms with E-state index in [-0.39, 0.29) is 11.1 Å². The van der Waals surface area contributed by atoms with Crippen LogP contribution >= 0.6 is 11.3 Å². The molecule has 0 fully saturated rings. The number of rotatable bonds is 3. The van der Waals surface area contributed by atoms with Gasteiger partial charge in [0.15, 0.2) is 0 Å². The molecule has 1 aliphatic heterocycles. The van der Waals surface area contributed by atoms with E-state index in [2.05, 4.69) is 4.98 Å². The van der Waals surface area contributed by atoms with Gasteiger partial charge in [0.05, 0.1) is 11.1 Å². The number of fused-ring (bicyclic) bond motifs is 1. The maximum atomic E-state index is 12.3. The Bertz CT molecular complexity index is 962. The van der Waals surface area contributed by atoms with Gasteiger partial charge in [0, 0.05) is 17.3 Å². The summed E-state index contributed by atoms with van der Waals surface area (Å²) in [5.74, 6) is -2.03. The van der Waals surface area contributed by atoms with E-state index in [1.54, 1.807) is 36.7 Å². The average molecular weight is 350 g/mol. The van der Waals surface area contributed by atoms with Crippen LogP contribution in [-0.2, 0) is 4.84 Å². The number of hydroxylamine groups is 2. The van der Waals surface area contributed by atoms with Crippen LogP contribution in [0.15, 0.2) is 60.9 Å². The van der Waals surface area contributed by atoms with Crippen LogP contribution in [0.3, 0.4) is 0 Å². The topological polar surface area (TPSA) is 76.6 Å². The first kappa shape index (κ1) is 15.2. The standard InChI is InChI=1S/C18H10N2O4S/c21-16-12-3-1-2-4-13(12)17(22)20(16)24-18(23)15-6-5-14(25-15)11-7-9-19-10-8-11/h1-10H. The predicted octanol–water partition coefficient (Wildman–Crippen LogP) is 3.18. The molecule has 0 atom stereocenters. The van der Waals surface area contributed by atoms with Crippen LogP contribution in [0.4, 0.5) is 0 Å². The molecule has 0 saturated heterocycles. The molecule has 0 N–H and O–H groups in total. The van der Waals surface area contributed by atoms with E-state index < -0.39 is 17.8 Å². The second-order valence-electron chi connectivity index (χ2n) is 5.23. The highest BCUT2D eigenvalue weighted by molar-refractivity contribution is 7.17. The van der Waals surface area contributed by atoms with Gasteiger partial charge < -0.3 is 4.84 Å². The third-order valence-corrected chi connectivity index (χ3v) is 4.82. The molecular formula is C18H10N2O4S. The minimum atomic E-state index is -0.750. The first-order chi connectivity index (χ1) is 12.1. The first-order valence-electron chi connectivity index (χ1n) is 7.35. The Morgan fingerprint density at radius 1 is 0.920 bits per heavy atom. The summed E-state index contributed by atoms with van der Waals surface area (Å²) in [5.41, 5.74) is 1.37. The highest BCUT2D eigenvalue weighted by Gasteiger charge is 2.38. The third kappa shape index (κ3) is 2.60. The first-order valence-corrected chi connectivity index (χ1v) is 8.17. The minimum absolute atomic E-state index is 0.226. The third-order valence-electron chi connectivity index (χ3n) is 3.70. The lowest BCUT2D eigenvalue weighted by molar-refractivity contribution is -0.0581. The summed E-state index contributed by atoms with van der Waals surface area (Å²) in [7, 11) is 0. The van der Waals surface area contributed by atoms with Gasteiger partial charge in [0.1, 0.15) is 4.88 Å². The number of imide groups is 1. The molecule has 4 rings (SSSR count). The van der Waals surface area contributed by atoms with Crippen LogP contribution in [0.2, 0.25) is 0 Å². The van der Waals surface area contributed by atoms with Crippen molar-refractivity contribution in [2.45, 2.75) is 0 Å². The number of pyridine rings is 1. The number of aromatic nitrogens is 1. The molecule has 122 valence electrons. The molecule has 1 aromatic carbocycles. The van der Waals surface area contributed by atoms with Crippen LogP contribution < -0.4 is 0 Å². The lowest BCUT2D eigenvalue weighted by atomic mass is 10.1. The van der Waals surface area contributed by atoms with Crippen molar-refractivity contribution >= 4 is 29.1 Å². The SMILES string of the molecule is O=C(ON1C(=O)c2ccccc2C1=O)c1ccc(-c2ccncc2)s1. The van der Waals surface area contributed by atoms with Gasteiger partial charge in [-0.2, -0.15) is 0 Å². The molecule has 0 radical (unpaired) electrons. The molecule has 0 unspecified atom stereocenters. The molecule has 3 aromatic rings. The van der Waals surface area contributed by atoms with Crippen molar-refractivity contribution in [2.24, 2.45) is 0 Å². The van der Waals surface area contributed by atoms with E-state index in [0.717, 1.165) is 10.4 Å². The summed E-state index contributed by atoms with van der Waals surface area (Å²) < 4.78 is 0. The largest absolute Gasteiger partial charge is 0.373 e. The second kappa shape index (κ2) is 5.95. The summed E-state index contributed by atoms with van der Waals surface area (Å²) in [4.78, 5) is 46.9. The molecule has 0 saturated carbocycles. The molecule has 2 aromatic heterocycles. The van der Waals surface area contributed by atoms with Crippen molar-refractivity contribution in [3.63, 3.8) is 0 Å². The molecule has 0 aliphatic carbocycles.